The first-order chi connectivity index (χ1) is 10.6. The van der Waals surface area contributed by atoms with Crippen molar-refractivity contribution in [2.24, 2.45) is 0 Å². The van der Waals surface area contributed by atoms with Gasteiger partial charge in [-0.3, -0.25) is 0 Å². The van der Waals surface area contributed by atoms with Crippen LogP contribution in [-0.2, 0) is 19.5 Å². The summed E-state index contributed by atoms with van der Waals surface area (Å²) >= 11 is 6.07. The number of fused-ring (bicyclic) bond motifs is 1. The number of benzene rings is 1. The quantitative estimate of drug-likeness (QED) is 0.939. The van der Waals surface area contributed by atoms with Crippen LogP contribution in [0.25, 0.3) is 0 Å². The standard InChI is InChI=1S/C16H20ClFN4/c1-10(2)16-21-20-15-7-6-11(9-22(15)16)19-8-12-13(17)4-3-5-14(12)18/h3-5,10-11,19H,6-9H2,1-2H3/t11-/m0/s1. The number of halogens is 2. The van der Waals surface area contributed by atoms with E-state index in [-0.39, 0.29) is 11.9 Å². The van der Waals surface area contributed by atoms with Crippen molar-refractivity contribution in [2.45, 2.75) is 51.7 Å². The van der Waals surface area contributed by atoms with Gasteiger partial charge < -0.3 is 9.88 Å². The monoisotopic (exact) mass is 322 g/mol. The van der Waals surface area contributed by atoms with Crippen LogP contribution in [0.2, 0.25) is 5.02 Å². The molecule has 0 bridgehead atoms. The van der Waals surface area contributed by atoms with Crippen molar-refractivity contribution in [3.63, 3.8) is 0 Å². The third-order valence-corrected chi connectivity index (χ3v) is 4.48. The van der Waals surface area contributed by atoms with E-state index in [0.29, 0.717) is 23.0 Å². The van der Waals surface area contributed by atoms with E-state index in [0.717, 1.165) is 31.0 Å². The molecule has 1 aliphatic rings. The molecule has 1 N–H and O–H groups in total. The van der Waals surface area contributed by atoms with Gasteiger partial charge in [0, 0.05) is 42.1 Å². The van der Waals surface area contributed by atoms with Crippen LogP contribution in [0, 0.1) is 5.82 Å². The highest BCUT2D eigenvalue weighted by Crippen LogP contribution is 2.22. The van der Waals surface area contributed by atoms with Crippen LogP contribution in [0.15, 0.2) is 18.2 Å². The van der Waals surface area contributed by atoms with Gasteiger partial charge in [0.2, 0.25) is 0 Å². The van der Waals surface area contributed by atoms with E-state index in [1.807, 2.05) is 0 Å². The Kier molecular flexibility index (Phi) is 4.45. The van der Waals surface area contributed by atoms with Crippen molar-refractivity contribution in [1.82, 2.24) is 20.1 Å². The molecular formula is C16H20ClFN4. The van der Waals surface area contributed by atoms with Crippen molar-refractivity contribution in [1.29, 1.82) is 0 Å². The number of nitrogens with zero attached hydrogens (tertiary/aromatic N) is 3. The fourth-order valence-corrected chi connectivity index (χ4v) is 3.12. The van der Waals surface area contributed by atoms with E-state index < -0.39 is 0 Å². The molecule has 0 amide bonds. The summed E-state index contributed by atoms with van der Waals surface area (Å²) < 4.78 is 16.0. The molecule has 118 valence electrons. The minimum Gasteiger partial charge on any atom is -0.313 e. The molecule has 0 unspecified atom stereocenters. The highest BCUT2D eigenvalue weighted by atomic mass is 35.5. The number of rotatable bonds is 4. The van der Waals surface area contributed by atoms with Crippen LogP contribution in [0.1, 0.15) is 43.4 Å². The Labute approximate surface area is 134 Å². The van der Waals surface area contributed by atoms with Gasteiger partial charge in [0.25, 0.3) is 0 Å². The summed E-state index contributed by atoms with van der Waals surface area (Å²) in [6, 6.07) is 5.06. The number of hydrogen-bond acceptors (Lipinski definition) is 3. The third-order valence-electron chi connectivity index (χ3n) is 4.12. The molecule has 22 heavy (non-hydrogen) atoms. The van der Waals surface area contributed by atoms with Crippen LogP contribution in [0.5, 0.6) is 0 Å². The summed E-state index contributed by atoms with van der Waals surface area (Å²) in [7, 11) is 0. The Bertz CT molecular complexity index is 648. The number of hydrogen-bond donors (Lipinski definition) is 1. The fraction of sp³-hybridized carbons (Fsp3) is 0.500. The minimum atomic E-state index is -0.260. The SMILES string of the molecule is CC(C)c1nnc2n1C[C@@H](NCc1c(F)cccc1Cl)CC2. The van der Waals surface area contributed by atoms with E-state index in [1.54, 1.807) is 12.1 Å². The lowest BCUT2D eigenvalue weighted by molar-refractivity contribution is 0.368. The second-order valence-corrected chi connectivity index (χ2v) is 6.46. The van der Waals surface area contributed by atoms with Gasteiger partial charge in [-0.25, -0.2) is 4.39 Å². The second-order valence-electron chi connectivity index (χ2n) is 6.06. The largest absolute Gasteiger partial charge is 0.313 e. The van der Waals surface area contributed by atoms with Crippen molar-refractivity contribution in [3.8, 4) is 0 Å². The van der Waals surface area contributed by atoms with Crippen molar-refractivity contribution in [3.05, 3.63) is 46.3 Å². The first-order valence-corrected chi connectivity index (χ1v) is 8.02. The molecule has 1 atom stereocenters. The zero-order chi connectivity index (χ0) is 15.7. The zero-order valence-electron chi connectivity index (χ0n) is 12.8. The van der Waals surface area contributed by atoms with Crippen LogP contribution < -0.4 is 5.32 Å². The van der Waals surface area contributed by atoms with Gasteiger partial charge in [-0.1, -0.05) is 31.5 Å². The molecule has 3 rings (SSSR count). The molecule has 0 radical (unpaired) electrons. The van der Waals surface area contributed by atoms with E-state index in [2.05, 4.69) is 33.9 Å². The van der Waals surface area contributed by atoms with Gasteiger partial charge >= 0.3 is 0 Å². The Morgan fingerprint density at radius 3 is 2.95 bits per heavy atom. The summed E-state index contributed by atoms with van der Waals surface area (Å²) in [5, 5.41) is 12.4. The normalized spacial score (nSPS) is 17.8. The van der Waals surface area contributed by atoms with E-state index >= 15 is 0 Å². The molecule has 0 saturated carbocycles. The Balaban J connectivity index is 1.69. The van der Waals surface area contributed by atoms with Crippen molar-refractivity contribution in [2.75, 3.05) is 0 Å². The van der Waals surface area contributed by atoms with E-state index in [4.69, 9.17) is 11.6 Å². The molecule has 1 aromatic heterocycles. The molecular weight excluding hydrogens is 303 g/mol. The first-order valence-electron chi connectivity index (χ1n) is 7.64. The Morgan fingerprint density at radius 2 is 2.23 bits per heavy atom. The van der Waals surface area contributed by atoms with Crippen LogP contribution in [0.3, 0.4) is 0 Å². The Morgan fingerprint density at radius 1 is 1.41 bits per heavy atom. The average Bonchev–Trinajstić information content (AvgIpc) is 2.90. The molecule has 4 nitrogen and oxygen atoms in total. The van der Waals surface area contributed by atoms with Gasteiger partial charge in [-0.15, -0.1) is 10.2 Å². The van der Waals surface area contributed by atoms with Crippen LogP contribution in [0.4, 0.5) is 4.39 Å². The van der Waals surface area contributed by atoms with E-state index in [1.165, 1.54) is 6.07 Å². The Hall–Kier alpha value is -1.46. The minimum absolute atomic E-state index is 0.260. The maximum absolute atomic E-state index is 13.8. The van der Waals surface area contributed by atoms with Crippen LogP contribution in [-0.4, -0.2) is 20.8 Å². The van der Waals surface area contributed by atoms with E-state index in [9.17, 15) is 4.39 Å². The molecule has 1 aromatic carbocycles. The molecule has 2 aromatic rings. The summed E-state index contributed by atoms with van der Waals surface area (Å²) in [6.45, 7) is 5.49. The van der Waals surface area contributed by atoms with Gasteiger partial charge in [0.15, 0.2) is 0 Å². The highest BCUT2D eigenvalue weighted by molar-refractivity contribution is 6.31. The summed E-state index contributed by atoms with van der Waals surface area (Å²) in [6.07, 6.45) is 1.87. The zero-order valence-corrected chi connectivity index (χ0v) is 13.6. The molecule has 6 heteroatoms. The lowest BCUT2D eigenvalue weighted by Gasteiger charge is -2.26. The van der Waals surface area contributed by atoms with Crippen LogP contribution >= 0.6 is 11.6 Å². The van der Waals surface area contributed by atoms with Crippen molar-refractivity contribution >= 4 is 11.6 Å². The number of aryl methyl sites for hydroxylation is 1. The fourth-order valence-electron chi connectivity index (χ4n) is 2.89. The molecule has 0 fully saturated rings. The molecule has 0 saturated heterocycles. The summed E-state index contributed by atoms with van der Waals surface area (Å²) in [5.74, 6) is 2.15. The lowest BCUT2D eigenvalue weighted by Crippen LogP contribution is -2.37. The molecule has 0 aliphatic carbocycles. The molecule has 1 aliphatic heterocycles. The smallest absolute Gasteiger partial charge is 0.135 e. The number of nitrogens with one attached hydrogen (secondary N) is 1. The third kappa shape index (κ3) is 3.01. The van der Waals surface area contributed by atoms with Crippen molar-refractivity contribution < 1.29 is 4.39 Å². The highest BCUT2D eigenvalue weighted by Gasteiger charge is 2.24. The van der Waals surface area contributed by atoms with Gasteiger partial charge in [-0.2, -0.15) is 0 Å². The predicted molar refractivity (Wildman–Crippen MR) is 84.5 cm³/mol. The van der Waals surface area contributed by atoms with Gasteiger partial charge in [-0.05, 0) is 18.6 Å². The maximum atomic E-state index is 13.8. The second kappa shape index (κ2) is 6.34. The maximum Gasteiger partial charge on any atom is 0.135 e. The summed E-state index contributed by atoms with van der Waals surface area (Å²) in [4.78, 5) is 0. The summed E-state index contributed by atoms with van der Waals surface area (Å²) in [5.41, 5.74) is 0.530. The van der Waals surface area contributed by atoms with Gasteiger partial charge in [0.1, 0.15) is 17.5 Å². The predicted octanol–water partition coefficient (Wildman–Crippen LogP) is 3.30. The lowest BCUT2D eigenvalue weighted by atomic mass is 10.1. The molecule has 2 heterocycles. The van der Waals surface area contributed by atoms with Gasteiger partial charge in [0.05, 0.1) is 0 Å². The average molecular weight is 323 g/mol. The topological polar surface area (TPSA) is 42.7 Å². The first kappa shape index (κ1) is 15.4. The molecule has 0 spiro atoms. The number of aromatic nitrogens is 3.